The van der Waals surface area contributed by atoms with Gasteiger partial charge in [-0.15, -0.1) is 0 Å². The number of phenols is 6. The Morgan fingerprint density at radius 3 is 0.963 bits per heavy atom. The van der Waals surface area contributed by atoms with E-state index in [2.05, 4.69) is 0 Å². The quantitative estimate of drug-likeness (QED) is 0.235. The third-order valence-electron chi connectivity index (χ3n) is 3.91. The third kappa shape index (κ3) is 4.20. The van der Waals surface area contributed by atoms with Gasteiger partial charge in [-0.25, -0.2) is 0 Å². The monoisotopic (exact) mass is 826 g/mol. The van der Waals surface area contributed by atoms with Crippen LogP contribution < -0.4 is 0 Å². The molecule has 0 spiro atoms. The van der Waals surface area contributed by atoms with Gasteiger partial charge in [0.1, 0.15) is 34.5 Å². The minimum absolute atomic E-state index is 0.0793. The lowest BCUT2D eigenvalue weighted by atomic mass is 10.0. The summed E-state index contributed by atoms with van der Waals surface area (Å²) in [5, 5.41) is 61.2. The third-order valence-corrected chi connectivity index (χ3v) is 7.99. The maximum absolute atomic E-state index is 10.3. The van der Waals surface area contributed by atoms with Gasteiger partial charge in [0.05, 0.1) is 37.6 Å². The van der Waals surface area contributed by atoms with Crippen molar-refractivity contribution >= 4 is 90.4 Å². The number of aromatic hydroxyl groups is 6. The molecule has 0 saturated carbocycles. The number of phenolic OH excluding ortho intramolecular Hbond substituents is 6. The van der Waals surface area contributed by atoms with E-state index < -0.39 is 12.2 Å². The van der Waals surface area contributed by atoms with Crippen molar-refractivity contribution in [2.24, 2.45) is 0 Å². The van der Waals surface area contributed by atoms with E-state index in [0.717, 1.165) is 0 Å². The first-order chi connectivity index (χ1) is 12.4. The van der Waals surface area contributed by atoms with Gasteiger partial charge in [-0.3, -0.25) is 0 Å². The van der Waals surface area contributed by atoms with Crippen molar-refractivity contribution in [1.29, 1.82) is 0 Å². The van der Waals surface area contributed by atoms with Crippen molar-refractivity contribution in [3.63, 3.8) is 0 Å². The van der Waals surface area contributed by atoms with Gasteiger partial charge in [-0.2, -0.15) is 0 Å². The van der Waals surface area contributed by atoms with Gasteiger partial charge in [-0.05, 0) is 104 Å². The first kappa shape index (κ1) is 23.4. The normalized spacial score (nSPS) is 13.6. The molecular formula is C16H14I4O7. The van der Waals surface area contributed by atoms with Crippen molar-refractivity contribution in [1.82, 2.24) is 0 Å². The average molecular weight is 826 g/mol. The van der Waals surface area contributed by atoms with Crippen LogP contribution in [0.25, 0.3) is 0 Å². The highest BCUT2D eigenvalue weighted by atomic mass is 127. The van der Waals surface area contributed by atoms with E-state index in [9.17, 15) is 30.6 Å². The Hall–Kier alpha value is 0.120. The molecule has 0 heterocycles. The second-order valence-electron chi connectivity index (χ2n) is 5.60. The van der Waals surface area contributed by atoms with Crippen LogP contribution in [0.2, 0.25) is 0 Å². The van der Waals surface area contributed by atoms with Crippen LogP contribution in [0.5, 0.6) is 34.5 Å². The number of hydrogen-bond donors (Lipinski definition) is 6. The number of hydrogen-bond acceptors (Lipinski definition) is 7. The first-order valence-electron chi connectivity index (χ1n) is 7.30. The van der Waals surface area contributed by atoms with Gasteiger partial charge in [0, 0.05) is 0 Å². The van der Waals surface area contributed by atoms with Gasteiger partial charge in [0.25, 0.3) is 0 Å². The molecule has 2 aromatic carbocycles. The van der Waals surface area contributed by atoms with Crippen LogP contribution in [0, 0.1) is 14.3 Å². The number of halogens is 4. The molecule has 2 aromatic rings. The van der Waals surface area contributed by atoms with E-state index in [1.54, 1.807) is 104 Å². The van der Waals surface area contributed by atoms with Crippen molar-refractivity contribution in [2.45, 2.75) is 26.1 Å². The molecule has 0 aliphatic rings. The molecule has 148 valence electrons. The molecule has 0 amide bonds. The Labute approximate surface area is 209 Å². The van der Waals surface area contributed by atoms with E-state index in [4.69, 9.17) is 4.74 Å². The summed E-state index contributed by atoms with van der Waals surface area (Å²) in [6.45, 7) is 3.16. The molecule has 0 radical (unpaired) electrons. The van der Waals surface area contributed by atoms with Gasteiger partial charge >= 0.3 is 0 Å². The molecule has 2 unspecified atom stereocenters. The molecule has 27 heavy (non-hydrogen) atoms. The first-order valence-corrected chi connectivity index (χ1v) is 11.6. The summed E-state index contributed by atoms with van der Waals surface area (Å²) < 4.78 is 6.52. The van der Waals surface area contributed by atoms with Crippen LogP contribution in [0.4, 0.5) is 0 Å². The molecule has 0 aromatic heterocycles. The fourth-order valence-corrected chi connectivity index (χ4v) is 5.82. The van der Waals surface area contributed by atoms with E-state index in [0.29, 0.717) is 0 Å². The fourth-order valence-electron chi connectivity index (χ4n) is 2.55. The number of benzene rings is 2. The fraction of sp³-hybridized carbons (Fsp3) is 0.250. The predicted molar refractivity (Wildman–Crippen MR) is 132 cm³/mol. The van der Waals surface area contributed by atoms with Crippen LogP contribution in [0.15, 0.2) is 0 Å². The summed E-state index contributed by atoms with van der Waals surface area (Å²) in [6.07, 6.45) is -1.68. The zero-order valence-electron chi connectivity index (χ0n) is 13.8. The Kier molecular flexibility index (Phi) is 7.68. The highest BCUT2D eigenvalue weighted by Gasteiger charge is 2.29. The zero-order chi connectivity index (χ0) is 20.8. The van der Waals surface area contributed by atoms with E-state index >= 15 is 0 Å². The summed E-state index contributed by atoms with van der Waals surface area (Å²) in [4.78, 5) is 0. The number of rotatable bonds is 4. The summed E-state index contributed by atoms with van der Waals surface area (Å²) >= 11 is 7.03. The van der Waals surface area contributed by atoms with Crippen molar-refractivity contribution in [2.75, 3.05) is 0 Å². The maximum atomic E-state index is 10.3. The molecule has 0 aliphatic carbocycles. The molecule has 11 heteroatoms. The zero-order valence-corrected chi connectivity index (χ0v) is 22.4. The van der Waals surface area contributed by atoms with E-state index in [-0.39, 0.29) is 59.9 Å². The van der Waals surface area contributed by atoms with Gasteiger partial charge in [0.2, 0.25) is 0 Å². The lowest BCUT2D eigenvalue weighted by Gasteiger charge is -2.24. The minimum Gasteiger partial charge on any atom is -0.506 e. The molecule has 7 nitrogen and oxygen atoms in total. The Morgan fingerprint density at radius 1 is 0.519 bits per heavy atom. The standard InChI is InChI=1S/C16H14I4O7/c1-3(5-11(21)7(17)15(25)8(18)12(5)22)27-4(2)6-13(23)9(19)16(26)10(20)14(6)24/h3-4,21-26H,1-2H3. The largest absolute Gasteiger partial charge is 0.506 e. The molecule has 0 fully saturated rings. The van der Waals surface area contributed by atoms with Crippen LogP contribution in [-0.2, 0) is 4.74 Å². The van der Waals surface area contributed by atoms with Crippen LogP contribution in [0.1, 0.15) is 37.2 Å². The SMILES string of the molecule is CC(OC(C)c1c(O)c(I)c(O)c(I)c1O)c1c(O)c(I)c(O)c(I)c1O. The molecule has 0 bridgehead atoms. The number of ether oxygens (including phenoxy) is 1. The Morgan fingerprint density at radius 2 is 0.741 bits per heavy atom. The van der Waals surface area contributed by atoms with Crippen molar-refractivity contribution in [3.8, 4) is 34.5 Å². The molecular weight excluding hydrogens is 812 g/mol. The lowest BCUT2D eigenvalue weighted by Crippen LogP contribution is -2.08. The van der Waals surface area contributed by atoms with Crippen LogP contribution in [-0.4, -0.2) is 30.6 Å². The Balaban J connectivity index is 2.48. The maximum Gasteiger partial charge on any atom is 0.149 e. The van der Waals surface area contributed by atoms with E-state index in [1.807, 2.05) is 0 Å². The lowest BCUT2D eigenvalue weighted by molar-refractivity contribution is 0.00115. The summed E-state index contributed by atoms with van der Waals surface area (Å²) in [6, 6.07) is 0. The van der Waals surface area contributed by atoms with Crippen molar-refractivity contribution < 1.29 is 35.4 Å². The molecule has 0 aliphatic heterocycles. The second-order valence-corrected chi connectivity index (χ2v) is 9.91. The van der Waals surface area contributed by atoms with Crippen LogP contribution >= 0.6 is 90.4 Å². The average Bonchev–Trinajstić information content (AvgIpc) is 2.61. The summed E-state index contributed by atoms with van der Waals surface area (Å²) in [5.74, 6) is -1.70. The van der Waals surface area contributed by atoms with Gasteiger partial charge in [-0.1, -0.05) is 0 Å². The highest BCUT2D eigenvalue weighted by Crippen LogP contribution is 2.50. The summed E-state index contributed by atoms with van der Waals surface area (Å²) in [7, 11) is 0. The Bertz CT molecular complexity index is 785. The summed E-state index contributed by atoms with van der Waals surface area (Å²) in [5.41, 5.74) is 0.159. The smallest absolute Gasteiger partial charge is 0.149 e. The molecule has 6 N–H and O–H groups in total. The van der Waals surface area contributed by atoms with Crippen LogP contribution in [0.3, 0.4) is 0 Å². The predicted octanol–water partition coefficient (Wildman–Crippen LogP) is 5.18. The molecule has 2 rings (SSSR count). The second kappa shape index (κ2) is 8.86. The topological polar surface area (TPSA) is 131 Å². The van der Waals surface area contributed by atoms with Crippen molar-refractivity contribution in [3.05, 3.63) is 25.4 Å². The van der Waals surface area contributed by atoms with Gasteiger partial charge in [0.15, 0.2) is 0 Å². The van der Waals surface area contributed by atoms with Gasteiger partial charge < -0.3 is 35.4 Å². The van der Waals surface area contributed by atoms with E-state index in [1.165, 1.54) is 0 Å². The highest BCUT2D eigenvalue weighted by molar-refractivity contribution is 14.1. The minimum atomic E-state index is -0.842. The molecule has 0 saturated heterocycles. The molecule has 2 atom stereocenters.